The van der Waals surface area contributed by atoms with Crippen LogP contribution in [0.15, 0.2) is 12.1 Å². The smallest absolute Gasteiger partial charge is 0.307 e. The van der Waals surface area contributed by atoms with E-state index in [1.165, 1.54) is 44.2 Å². The van der Waals surface area contributed by atoms with Crippen LogP contribution < -0.4 is 9.46 Å². The van der Waals surface area contributed by atoms with Crippen LogP contribution in [0.4, 0.5) is 5.69 Å². The highest BCUT2D eigenvalue weighted by molar-refractivity contribution is 7.92. The van der Waals surface area contributed by atoms with Crippen LogP contribution >= 0.6 is 0 Å². The molecule has 2 aliphatic rings. The van der Waals surface area contributed by atoms with Gasteiger partial charge >= 0.3 is 5.97 Å². The molecule has 1 fully saturated rings. The highest BCUT2D eigenvalue weighted by Gasteiger charge is 2.37. The maximum absolute atomic E-state index is 12.8. The second kappa shape index (κ2) is 11.7. The summed E-state index contributed by atoms with van der Waals surface area (Å²) in [5.41, 5.74) is 0.316. The van der Waals surface area contributed by atoms with Crippen LogP contribution in [0.2, 0.25) is 0 Å². The van der Waals surface area contributed by atoms with E-state index in [0.29, 0.717) is 6.61 Å². The van der Waals surface area contributed by atoms with Gasteiger partial charge in [-0.15, -0.1) is 0 Å². The number of esters is 1. The monoisotopic (exact) mass is 494 g/mol. The highest BCUT2D eigenvalue weighted by atomic mass is 32.2. The lowest BCUT2D eigenvalue weighted by Crippen LogP contribution is -2.32. The predicted octanol–water partition coefficient (Wildman–Crippen LogP) is 3.74. The SMILES string of the molecule is CCOC(=O)CCN1C(=O)c2cc(NS(C)(=O)=O)c(OCCCCC3CCCCC3)cc2C1=O. The first kappa shape index (κ1) is 26.0. The zero-order valence-corrected chi connectivity index (χ0v) is 20.7. The van der Waals surface area contributed by atoms with E-state index in [1.807, 2.05) is 0 Å². The third-order valence-electron chi connectivity index (χ3n) is 6.20. The van der Waals surface area contributed by atoms with Crippen molar-refractivity contribution in [2.24, 2.45) is 5.92 Å². The third kappa shape index (κ3) is 6.94. The molecule has 1 aliphatic heterocycles. The predicted molar refractivity (Wildman–Crippen MR) is 127 cm³/mol. The summed E-state index contributed by atoms with van der Waals surface area (Å²) < 4.78 is 36.9. The Morgan fingerprint density at radius 2 is 1.76 bits per heavy atom. The van der Waals surface area contributed by atoms with Crippen molar-refractivity contribution < 1.29 is 32.3 Å². The number of hydrogen-bond acceptors (Lipinski definition) is 7. The van der Waals surface area contributed by atoms with Gasteiger partial charge in [-0.05, 0) is 37.8 Å². The summed E-state index contributed by atoms with van der Waals surface area (Å²) in [4.78, 5) is 38.3. The topological polar surface area (TPSA) is 119 Å². The van der Waals surface area contributed by atoms with Crippen LogP contribution in [0.3, 0.4) is 0 Å². The van der Waals surface area contributed by atoms with Crippen LogP contribution in [0.25, 0.3) is 0 Å². The van der Waals surface area contributed by atoms with Gasteiger partial charge in [0.2, 0.25) is 10.0 Å². The molecule has 0 spiro atoms. The summed E-state index contributed by atoms with van der Waals surface area (Å²) >= 11 is 0. The Bertz CT molecular complexity index is 1020. The van der Waals surface area contributed by atoms with E-state index in [-0.39, 0.29) is 42.1 Å². The zero-order valence-electron chi connectivity index (χ0n) is 19.9. The van der Waals surface area contributed by atoms with E-state index >= 15 is 0 Å². The quantitative estimate of drug-likeness (QED) is 0.267. The number of benzene rings is 1. The number of imide groups is 1. The van der Waals surface area contributed by atoms with Crippen molar-refractivity contribution in [3.8, 4) is 5.75 Å². The summed E-state index contributed by atoms with van der Waals surface area (Å²) in [5.74, 6) is -0.649. The molecule has 0 atom stereocenters. The summed E-state index contributed by atoms with van der Waals surface area (Å²) in [7, 11) is -3.64. The van der Waals surface area contributed by atoms with Crippen LogP contribution in [-0.4, -0.2) is 57.1 Å². The molecule has 10 heteroatoms. The molecule has 2 amide bonds. The number of hydrogen-bond donors (Lipinski definition) is 1. The van der Waals surface area contributed by atoms with Gasteiger partial charge in [-0.1, -0.05) is 38.5 Å². The van der Waals surface area contributed by atoms with Gasteiger partial charge < -0.3 is 9.47 Å². The van der Waals surface area contributed by atoms with Gasteiger partial charge in [0, 0.05) is 6.54 Å². The molecular weight excluding hydrogens is 460 g/mol. The number of ether oxygens (including phenoxy) is 2. The van der Waals surface area contributed by atoms with Gasteiger partial charge in [-0.2, -0.15) is 0 Å². The van der Waals surface area contributed by atoms with Crippen LogP contribution in [-0.2, 0) is 19.6 Å². The van der Waals surface area contributed by atoms with Crippen LogP contribution in [0.5, 0.6) is 5.75 Å². The number of rotatable bonds is 12. The largest absolute Gasteiger partial charge is 0.491 e. The number of amides is 2. The lowest BCUT2D eigenvalue weighted by Gasteiger charge is -2.21. The Balaban J connectivity index is 1.68. The van der Waals surface area contributed by atoms with Gasteiger partial charge in [0.25, 0.3) is 11.8 Å². The number of fused-ring (bicyclic) bond motifs is 1. The number of carbonyl (C=O) groups is 3. The van der Waals surface area contributed by atoms with E-state index in [0.717, 1.165) is 36.3 Å². The molecule has 0 bridgehead atoms. The number of unbranched alkanes of at least 4 members (excludes halogenated alkanes) is 1. The Morgan fingerprint density at radius 3 is 2.41 bits per heavy atom. The molecule has 1 aliphatic carbocycles. The van der Waals surface area contributed by atoms with E-state index in [2.05, 4.69) is 4.72 Å². The second-order valence-electron chi connectivity index (χ2n) is 8.93. The molecule has 34 heavy (non-hydrogen) atoms. The minimum atomic E-state index is -3.64. The summed E-state index contributed by atoms with van der Waals surface area (Å²) in [5, 5.41) is 0. The standard InChI is InChI=1S/C24H34N2O7S/c1-3-32-22(27)12-13-26-23(28)18-15-20(25-34(2,30)31)21(16-19(18)24(26)29)33-14-8-7-11-17-9-5-4-6-10-17/h15-17,25H,3-14H2,1-2H3. The fourth-order valence-corrected chi connectivity index (χ4v) is 5.11. The Morgan fingerprint density at radius 1 is 1.09 bits per heavy atom. The van der Waals surface area contributed by atoms with Crippen molar-refractivity contribution in [2.75, 3.05) is 30.7 Å². The summed E-state index contributed by atoms with van der Waals surface area (Å²) in [6.07, 6.45) is 10.4. The highest BCUT2D eigenvalue weighted by Crippen LogP contribution is 2.35. The van der Waals surface area contributed by atoms with Gasteiger partial charge in [-0.25, -0.2) is 8.42 Å². The number of nitrogens with zero attached hydrogens (tertiary/aromatic N) is 1. The molecule has 0 unspecified atom stereocenters. The molecule has 1 N–H and O–H groups in total. The zero-order chi connectivity index (χ0) is 24.7. The summed E-state index contributed by atoms with van der Waals surface area (Å²) in [6.45, 7) is 2.15. The number of sulfonamides is 1. The van der Waals surface area contributed by atoms with Gasteiger partial charge in [0.05, 0.1) is 42.7 Å². The second-order valence-corrected chi connectivity index (χ2v) is 10.7. The Hall–Kier alpha value is -2.62. The number of nitrogens with one attached hydrogen (secondary N) is 1. The molecule has 3 rings (SSSR count). The number of carbonyl (C=O) groups excluding carboxylic acids is 3. The molecule has 1 saturated carbocycles. The molecule has 9 nitrogen and oxygen atoms in total. The minimum Gasteiger partial charge on any atom is -0.491 e. The summed E-state index contributed by atoms with van der Waals surface area (Å²) in [6, 6.07) is 2.74. The Labute approximate surface area is 201 Å². The van der Waals surface area contributed by atoms with Gasteiger partial charge in [-0.3, -0.25) is 24.0 Å². The van der Waals surface area contributed by atoms with Crippen molar-refractivity contribution in [1.29, 1.82) is 0 Å². The molecule has 1 aromatic rings. The van der Waals surface area contributed by atoms with Crippen molar-refractivity contribution in [1.82, 2.24) is 4.90 Å². The lowest BCUT2D eigenvalue weighted by molar-refractivity contribution is -0.143. The van der Waals surface area contributed by atoms with E-state index in [1.54, 1.807) is 6.92 Å². The van der Waals surface area contributed by atoms with E-state index < -0.39 is 27.8 Å². The Kier molecular flexibility index (Phi) is 8.93. The number of anilines is 1. The van der Waals surface area contributed by atoms with Crippen LogP contribution in [0, 0.1) is 5.92 Å². The van der Waals surface area contributed by atoms with Gasteiger partial charge in [0.1, 0.15) is 5.75 Å². The van der Waals surface area contributed by atoms with Gasteiger partial charge in [0.15, 0.2) is 0 Å². The molecule has 0 saturated heterocycles. The van der Waals surface area contributed by atoms with Crippen molar-refractivity contribution in [3.05, 3.63) is 23.3 Å². The average molecular weight is 495 g/mol. The maximum atomic E-state index is 12.8. The van der Waals surface area contributed by atoms with Crippen LogP contribution in [0.1, 0.15) is 85.4 Å². The molecular formula is C24H34N2O7S. The van der Waals surface area contributed by atoms with E-state index in [9.17, 15) is 22.8 Å². The lowest BCUT2D eigenvalue weighted by atomic mass is 9.86. The van der Waals surface area contributed by atoms with Crippen molar-refractivity contribution in [2.45, 2.75) is 64.7 Å². The third-order valence-corrected chi connectivity index (χ3v) is 6.79. The first-order chi connectivity index (χ1) is 16.2. The molecule has 1 heterocycles. The molecule has 188 valence electrons. The first-order valence-electron chi connectivity index (χ1n) is 12.0. The normalized spacial score (nSPS) is 16.5. The van der Waals surface area contributed by atoms with Crippen molar-refractivity contribution >= 4 is 33.5 Å². The maximum Gasteiger partial charge on any atom is 0.307 e. The average Bonchev–Trinajstić information content (AvgIpc) is 3.01. The van der Waals surface area contributed by atoms with E-state index in [4.69, 9.17) is 9.47 Å². The molecule has 1 aromatic carbocycles. The molecule has 0 radical (unpaired) electrons. The fourth-order valence-electron chi connectivity index (χ4n) is 4.55. The molecule has 0 aromatic heterocycles. The first-order valence-corrected chi connectivity index (χ1v) is 13.9. The fraction of sp³-hybridized carbons (Fsp3) is 0.625. The van der Waals surface area contributed by atoms with Crippen molar-refractivity contribution in [3.63, 3.8) is 0 Å². The minimum absolute atomic E-state index is 0.0738.